The van der Waals surface area contributed by atoms with Gasteiger partial charge in [-0.25, -0.2) is 0 Å². The van der Waals surface area contributed by atoms with Gasteiger partial charge in [-0.05, 0) is 40.1 Å². The average molecular weight is 362 g/mol. The first-order chi connectivity index (χ1) is 12.8. The first kappa shape index (κ1) is 17.2. The maximum Gasteiger partial charge on any atom is 0.0498 e. The molecule has 0 fully saturated rings. The molecule has 4 aromatic rings. The van der Waals surface area contributed by atoms with Crippen LogP contribution in [0.25, 0.3) is 21.7 Å². The molecule has 3 aromatic carbocycles. The molecule has 26 heavy (non-hydrogen) atoms. The van der Waals surface area contributed by atoms with E-state index >= 15 is 0 Å². The van der Waals surface area contributed by atoms with E-state index in [1.807, 2.05) is 11.8 Å². The smallest absolute Gasteiger partial charge is 0.0498 e. The molecule has 0 spiro atoms. The van der Waals surface area contributed by atoms with E-state index in [-0.39, 0.29) is 12.5 Å². The van der Waals surface area contributed by atoms with Crippen LogP contribution in [0, 0.1) is 0 Å². The van der Waals surface area contributed by atoms with Gasteiger partial charge in [-0.15, -0.1) is 0 Å². The van der Waals surface area contributed by atoms with Crippen LogP contribution < -0.4 is 0 Å². The van der Waals surface area contributed by atoms with Gasteiger partial charge in [-0.2, -0.15) is 11.8 Å². The van der Waals surface area contributed by atoms with E-state index in [1.165, 1.54) is 38.4 Å². The van der Waals surface area contributed by atoms with Crippen LogP contribution in [0.3, 0.4) is 0 Å². The lowest BCUT2D eigenvalue weighted by Crippen LogP contribution is -2.03. The topological polar surface area (TPSA) is 36.0 Å². The van der Waals surface area contributed by atoms with Crippen LogP contribution in [0.5, 0.6) is 0 Å². The molecule has 0 radical (unpaired) electrons. The summed E-state index contributed by atoms with van der Waals surface area (Å²) in [4.78, 5) is 3.49. The third kappa shape index (κ3) is 3.13. The molecule has 1 unspecified atom stereocenters. The van der Waals surface area contributed by atoms with Crippen LogP contribution in [0.4, 0.5) is 0 Å². The third-order valence-electron chi connectivity index (χ3n) is 5.10. The summed E-state index contributed by atoms with van der Waals surface area (Å²) in [5.41, 5.74) is 5.09. The molecule has 0 aliphatic carbocycles. The van der Waals surface area contributed by atoms with Crippen molar-refractivity contribution in [1.82, 2.24) is 4.98 Å². The number of hydrogen-bond donors (Lipinski definition) is 2. The fraction of sp³-hybridized carbons (Fsp3) is 0.217. The van der Waals surface area contributed by atoms with Gasteiger partial charge >= 0.3 is 0 Å². The molecule has 1 heterocycles. The molecule has 0 saturated heterocycles. The largest absolute Gasteiger partial charge is 0.396 e. The molecule has 0 saturated carbocycles. The maximum absolute atomic E-state index is 9.71. The number of rotatable bonds is 6. The lowest BCUT2D eigenvalue weighted by Gasteiger charge is -2.17. The molecule has 132 valence electrons. The van der Waals surface area contributed by atoms with Gasteiger partial charge in [0, 0.05) is 35.4 Å². The second kappa shape index (κ2) is 7.56. The number of aromatic amines is 1. The average Bonchev–Trinajstić information content (AvgIpc) is 3.11. The molecular formula is C23H23NOS. The lowest BCUT2D eigenvalue weighted by atomic mass is 9.87. The monoisotopic (exact) mass is 361 g/mol. The SMILES string of the molecule is CSCc1cccc2c(C(CCO)c3ccc4ccccc4c3)c[nH]c12. The van der Waals surface area contributed by atoms with Crippen molar-refractivity contribution in [3.63, 3.8) is 0 Å². The van der Waals surface area contributed by atoms with Gasteiger partial charge < -0.3 is 10.1 Å². The zero-order valence-corrected chi connectivity index (χ0v) is 15.7. The molecule has 1 aromatic heterocycles. The summed E-state index contributed by atoms with van der Waals surface area (Å²) >= 11 is 1.84. The molecule has 0 aliphatic heterocycles. The maximum atomic E-state index is 9.71. The summed E-state index contributed by atoms with van der Waals surface area (Å²) < 4.78 is 0. The molecule has 0 bridgehead atoms. The normalized spacial score (nSPS) is 12.7. The van der Waals surface area contributed by atoms with E-state index in [0.29, 0.717) is 0 Å². The molecular weight excluding hydrogens is 338 g/mol. The van der Waals surface area contributed by atoms with Gasteiger partial charge in [0.1, 0.15) is 0 Å². The Kier molecular flexibility index (Phi) is 5.00. The fourth-order valence-electron chi connectivity index (χ4n) is 3.86. The Morgan fingerprint density at radius 2 is 1.85 bits per heavy atom. The Balaban J connectivity index is 1.83. The predicted octanol–water partition coefficient (Wildman–Crippen LogP) is 5.70. The van der Waals surface area contributed by atoms with Gasteiger partial charge in [0.05, 0.1) is 0 Å². The number of para-hydroxylation sites is 1. The molecule has 2 N–H and O–H groups in total. The van der Waals surface area contributed by atoms with Gasteiger partial charge in [0.25, 0.3) is 0 Å². The van der Waals surface area contributed by atoms with Crippen molar-refractivity contribution in [3.05, 3.63) is 83.6 Å². The molecule has 1 atom stereocenters. The zero-order chi connectivity index (χ0) is 17.9. The molecule has 0 amide bonds. The minimum atomic E-state index is 0.175. The van der Waals surface area contributed by atoms with E-state index in [4.69, 9.17) is 0 Å². The van der Waals surface area contributed by atoms with Gasteiger partial charge in [0.2, 0.25) is 0 Å². The molecule has 4 rings (SSSR count). The van der Waals surface area contributed by atoms with Crippen molar-refractivity contribution >= 4 is 33.4 Å². The van der Waals surface area contributed by atoms with Crippen molar-refractivity contribution in [2.75, 3.05) is 12.9 Å². The second-order valence-electron chi connectivity index (χ2n) is 6.69. The highest BCUT2D eigenvalue weighted by Crippen LogP contribution is 2.35. The standard InChI is InChI=1S/C23H23NOS/c1-26-15-19-7-4-8-21-22(14-24-23(19)21)20(11-12-25)18-10-9-16-5-2-3-6-17(16)13-18/h2-10,13-14,20,24-25H,11-12,15H2,1H3. The van der Waals surface area contributed by atoms with Gasteiger partial charge in [0.15, 0.2) is 0 Å². The molecule has 0 aliphatic rings. The highest BCUT2D eigenvalue weighted by molar-refractivity contribution is 7.97. The number of aliphatic hydroxyl groups is 1. The van der Waals surface area contributed by atoms with Crippen molar-refractivity contribution in [2.45, 2.75) is 18.1 Å². The van der Waals surface area contributed by atoms with Crippen LogP contribution in [0.15, 0.2) is 66.9 Å². The summed E-state index contributed by atoms with van der Waals surface area (Å²) in [5, 5.41) is 13.5. The quantitative estimate of drug-likeness (QED) is 0.462. The van der Waals surface area contributed by atoms with Crippen LogP contribution in [-0.4, -0.2) is 23.0 Å². The number of H-pyrrole nitrogens is 1. The number of aromatic nitrogens is 1. The van der Waals surface area contributed by atoms with Crippen LogP contribution in [0.1, 0.15) is 29.0 Å². The van der Waals surface area contributed by atoms with E-state index in [9.17, 15) is 5.11 Å². The van der Waals surface area contributed by atoms with Crippen molar-refractivity contribution < 1.29 is 5.11 Å². The van der Waals surface area contributed by atoms with E-state index in [0.717, 1.165) is 12.2 Å². The number of nitrogens with one attached hydrogen (secondary N) is 1. The Labute approximate surface area is 158 Å². The Hall–Kier alpha value is -2.23. The molecule has 3 heteroatoms. The van der Waals surface area contributed by atoms with E-state index in [1.54, 1.807) is 0 Å². The zero-order valence-electron chi connectivity index (χ0n) is 14.9. The highest BCUT2D eigenvalue weighted by atomic mass is 32.2. The predicted molar refractivity (Wildman–Crippen MR) is 113 cm³/mol. The summed E-state index contributed by atoms with van der Waals surface area (Å²) in [6, 6.07) is 21.6. The van der Waals surface area contributed by atoms with Crippen molar-refractivity contribution in [3.8, 4) is 0 Å². The Bertz CT molecular complexity index is 1040. The van der Waals surface area contributed by atoms with E-state index < -0.39 is 0 Å². The van der Waals surface area contributed by atoms with Crippen molar-refractivity contribution in [2.24, 2.45) is 0 Å². The van der Waals surface area contributed by atoms with Crippen LogP contribution >= 0.6 is 11.8 Å². The molecule has 2 nitrogen and oxygen atoms in total. The van der Waals surface area contributed by atoms with Crippen LogP contribution in [0.2, 0.25) is 0 Å². The van der Waals surface area contributed by atoms with E-state index in [2.05, 4.69) is 78.1 Å². The lowest BCUT2D eigenvalue weighted by molar-refractivity contribution is 0.282. The summed E-state index contributed by atoms with van der Waals surface area (Å²) in [5.74, 6) is 1.18. The fourth-order valence-corrected chi connectivity index (χ4v) is 4.41. The third-order valence-corrected chi connectivity index (χ3v) is 5.70. The van der Waals surface area contributed by atoms with Crippen molar-refractivity contribution in [1.29, 1.82) is 0 Å². The van der Waals surface area contributed by atoms with Gasteiger partial charge in [-0.3, -0.25) is 0 Å². The highest BCUT2D eigenvalue weighted by Gasteiger charge is 2.19. The number of aliphatic hydroxyl groups excluding tert-OH is 1. The summed E-state index contributed by atoms with van der Waals surface area (Å²) in [6.07, 6.45) is 4.98. The first-order valence-electron chi connectivity index (χ1n) is 8.99. The first-order valence-corrected chi connectivity index (χ1v) is 10.4. The summed E-state index contributed by atoms with van der Waals surface area (Å²) in [6.45, 7) is 0.175. The Morgan fingerprint density at radius 3 is 2.65 bits per heavy atom. The Morgan fingerprint density at radius 1 is 1.00 bits per heavy atom. The van der Waals surface area contributed by atoms with Gasteiger partial charge in [-0.1, -0.05) is 60.7 Å². The second-order valence-corrected chi connectivity index (χ2v) is 7.55. The minimum absolute atomic E-state index is 0.175. The number of thioether (sulfide) groups is 1. The number of hydrogen-bond acceptors (Lipinski definition) is 2. The number of benzene rings is 3. The minimum Gasteiger partial charge on any atom is -0.396 e. The summed E-state index contributed by atoms with van der Waals surface area (Å²) in [7, 11) is 0. The van der Waals surface area contributed by atoms with Crippen LogP contribution in [-0.2, 0) is 5.75 Å². The number of fused-ring (bicyclic) bond motifs is 2.